The molecule has 0 saturated carbocycles. The number of likely N-dealkylation sites (tertiary alicyclic amines) is 1. The maximum absolute atomic E-state index is 12.2. The lowest BCUT2D eigenvalue weighted by Crippen LogP contribution is -2.42. The number of carbonyl (C=O) groups is 1. The largest absolute Gasteiger partial charge is 0.367 e. The van der Waals surface area contributed by atoms with Crippen LogP contribution in [-0.2, 0) is 4.79 Å². The van der Waals surface area contributed by atoms with Crippen molar-refractivity contribution in [3.05, 3.63) is 60.9 Å². The summed E-state index contributed by atoms with van der Waals surface area (Å²) >= 11 is 0. The summed E-state index contributed by atoms with van der Waals surface area (Å²) in [6, 6.07) is 18.0. The van der Waals surface area contributed by atoms with E-state index in [9.17, 15) is 4.79 Å². The van der Waals surface area contributed by atoms with Crippen molar-refractivity contribution in [2.45, 2.75) is 18.9 Å². The van der Waals surface area contributed by atoms with Gasteiger partial charge in [-0.05, 0) is 37.1 Å². The minimum Gasteiger partial charge on any atom is -0.367 e. The fourth-order valence-electron chi connectivity index (χ4n) is 3.47. The van der Waals surface area contributed by atoms with Crippen LogP contribution in [0.25, 0.3) is 10.9 Å². The Hall–Kier alpha value is -2.99. The number of carbonyl (C=O) groups excluding carboxylic acids is 1. The van der Waals surface area contributed by atoms with Gasteiger partial charge >= 0.3 is 0 Å². The van der Waals surface area contributed by atoms with Gasteiger partial charge < -0.3 is 10.6 Å². The summed E-state index contributed by atoms with van der Waals surface area (Å²) in [7, 11) is 0. The van der Waals surface area contributed by atoms with E-state index in [1.807, 2.05) is 54.6 Å². The van der Waals surface area contributed by atoms with Crippen molar-refractivity contribution < 1.29 is 4.79 Å². The molecular weight excluding hydrogens is 338 g/mol. The molecule has 4 rings (SSSR count). The van der Waals surface area contributed by atoms with Gasteiger partial charge in [0.1, 0.15) is 12.1 Å². The van der Waals surface area contributed by atoms with Crippen LogP contribution in [0.5, 0.6) is 0 Å². The number of nitrogens with one attached hydrogen (secondary N) is 2. The minimum absolute atomic E-state index is 0.0365. The Bertz CT molecular complexity index is 901. The quantitative estimate of drug-likeness (QED) is 0.731. The molecule has 1 fully saturated rings. The lowest BCUT2D eigenvalue weighted by Gasteiger charge is -2.32. The molecule has 1 aliphatic heterocycles. The molecule has 1 aromatic heterocycles. The molecule has 0 aliphatic carbocycles. The van der Waals surface area contributed by atoms with Gasteiger partial charge in [-0.15, -0.1) is 0 Å². The monoisotopic (exact) mass is 361 g/mol. The van der Waals surface area contributed by atoms with Gasteiger partial charge in [0.05, 0.1) is 12.1 Å². The van der Waals surface area contributed by atoms with E-state index in [4.69, 9.17) is 0 Å². The van der Waals surface area contributed by atoms with E-state index in [0.29, 0.717) is 12.6 Å². The van der Waals surface area contributed by atoms with E-state index < -0.39 is 0 Å². The molecule has 2 heterocycles. The number of para-hydroxylation sites is 2. The van der Waals surface area contributed by atoms with Gasteiger partial charge in [-0.2, -0.15) is 0 Å². The highest BCUT2D eigenvalue weighted by Crippen LogP contribution is 2.22. The van der Waals surface area contributed by atoms with E-state index >= 15 is 0 Å². The van der Waals surface area contributed by atoms with Crippen molar-refractivity contribution in [2.75, 3.05) is 30.3 Å². The normalized spacial score (nSPS) is 15.6. The number of aromatic nitrogens is 2. The molecule has 27 heavy (non-hydrogen) atoms. The number of hydrogen-bond acceptors (Lipinski definition) is 5. The first-order valence-electron chi connectivity index (χ1n) is 9.31. The lowest BCUT2D eigenvalue weighted by atomic mass is 10.0. The van der Waals surface area contributed by atoms with Crippen molar-refractivity contribution in [3.63, 3.8) is 0 Å². The molecule has 0 unspecified atom stereocenters. The summed E-state index contributed by atoms with van der Waals surface area (Å²) in [4.78, 5) is 23.1. The molecular formula is C21H23N5O. The predicted molar refractivity (Wildman–Crippen MR) is 108 cm³/mol. The highest BCUT2D eigenvalue weighted by atomic mass is 16.2. The van der Waals surface area contributed by atoms with E-state index in [1.165, 1.54) is 0 Å². The number of piperidine rings is 1. The van der Waals surface area contributed by atoms with Gasteiger partial charge in [0, 0.05) is 30.2 Å². The number of benzene rings is 2. The first-order chi connectivity index (χ1) is 13.3. The van der Waals surface area contributed by atoms with Gasteiger partial charge in [0.25, 0.3) is 0 Å². The van der Waals surface area contributed by atoms with Crippen molar-refractivity contribution in [3.8, 4) is 0 Å². The first kappa shape index (κ1) is 17.4. The second-order valence-electron chi connectivity index (χ2n) is 6.85. The third-order valence-electron chi connectivity index (χ3n) is 4.90. The summed E-state index contributed by atoms with van der Waals surface area (Å²) in [5.74, 6) is 0.926. The Kier molecular flexibility index (Phi) is 5.25. The van der Waals surface area contributed by atoms with Crippen molar-refractivity contribution in [1.82, 2.24) is 14.9 Å². The van der Waals surface area contributed by atoms with Gasteiger partial charge in [-0.3, -0.25) is 9.69 Å². The topological polar surface area (TPSA) is 70.2 Å². The molecule has 1 saturated heterocycles. The molecule has 2 aromatic carbocycles. The van der Waals surface area contributed by atoms with Crippen LogP contribution in [0.3, 0.4) is 0 Å². The minimum atomic E-state index is 0.0365. The fraction of sp³-hybridized carbons (Fsp3) is 0.286. The Balaban J connectivity index is 1.29. The van der Waals surface area contributed by atoms with Crippen molar-refractivity contribution in [2.24, 2.45) is 0 Å². The number of amides is 1. The highest BCUT2D eigenvalue weighted by Gasteiger charge is 2.21. The summed E-state index contributed by atoms with van der Waals surface area (Å²) in [5.41, 5.74) is 1.79. The van der Waals surface area contributed by atoms with Crippen LogP contribution in [0.4, 0.5) is 11.5 Å². The molecule has 0 radical (unpaired) electrons. The average molecular weight is 361 g/mol. The third-order valence-corrected chi connectivity index (χ3v) is 4.90. The molecule has 0 atom stereocenters. The molecule has 0 bridgehead atoms. The first-order valence-corrected chi connectivity index (χ1v) is 9.31. The third kappa shape index (κ3) is 4.41. The van der Waals surface area contributed by atoms with Crippen molar-refractivity contribution >= 4 is 28.3 Å². The SMILES string of the molecule is O=C(CN1CCC(Nc2ncnc3ccccc23)CC1)Nc1ccccc1. The van der Waals surface area contributed by atoms with Gasteiger partial charge in [-0.1, -0.05) is 30.3 Å². The number of nitrogens with zero attached hydrogens (tertiary/aromatic N) is 3. The molecule has 1 aliphatic rings. The lowest BCUT2D eigenvalue weighted by molar-refractivity contribution is -0.117. The van der Waals surface area contributed by atoms with Crippen LogP contribution in [0.2, 0.25) is 0 Å². The number of fused-ring (bicyclic) bond motifs is 1. The Morgan fingerprint density at radius 2 is 1.74 bits per heavy atom. The number of anilines is 2. The van der Waals surface area contributed by atoms with E-state index in [-0.39, 0.29) is 5.91 Å². The van der Waals surface area contributed by atoms with Crippen LogP contribution >= 0.6 is 0 Å². The van der Waals surface area contributed by atoms with E-state index in [1.54, 1.807) is 6.33 Å². The Morgan fingerprint density at radius 1 is 1.00 bits per heavy atom. The average Bonchev–Trinajstić information content (AvgIpc) is 2.70. The molecule has 0 spiro atoms. The number of rotatable bonds is 5. The Morgan fingerprint density at radius 3 is 2.56 bits per heavy atom. The maximum atomic E-state index is 12.2. The zero-order valence-corrected chi connectivity index (χ0v) is 15.1. The zero-order valence-electron chi connectivity index (χ0n) is 15.1. The molecule has 2 N–H and O–H groups in total. The molecule has 1 amide bonds. The van der Waals surface area contributed by atoms with Gasteiger partial charge in [0.15, 0.2) is 0 Å². The van der Waals surface area contributed by atoms with Crippen LogP contribution in [-0.4, -0.2) is 46.5 Å². The summed E-state index contributed by atoms with van der Waals surface area (Å²) in [6.07, 6.45) is 3.57. The van der Waals surface area contributed by atoms with Crippen LogP contribution in [0, 0.1) is 0 Å². The molecule has 6 nitrogen and oxygen atoms in total. The van der Waals surface area contributed by atoms with Gasteiger partial charge in [-0.25, -0.2) is 9.97 Å². The second kappa shape index (κ2) is 8.14. The standard InChI is InChI=1S/C21H23N5O/c27-20(24-16-6-2-1-3-7-16)14-26-12-10-17(11-13-26)25-21-18-8-4-5-9-19(18)22-15-23-21/h1-9,15,17H,10-14H2,(H,24,27)(H,22,23,25). The van der Waals surface area contributed by atoms with Crippen LogP contribution in [0.15, 0.2) is 60.9 Å². The maximum Gasteiger partial charge on any atom is 0.238 e. The molecule has 6 heteroatoms. The highest BCUT2D eigenvalue weighted by molar-refractivity contribution is 5.92. The van der Waals surface area contributed by atoms with Crippen LogP contribution < -0.4 is 10.6 Å². The van der Waals surface area contributed by atoms with Crippen LogP contribution in [0.1, 0.15) is 12.8 Å². The molecule has 3 aromatic rings. The van der Waals surface area contributed by atoms with E-state index in [2.05, 4.69) is 25.5 Å². The summed E-state index contributed by atoms with van der Waals surface area (Å²) in [5, 5.41) is 7.55. The smallest absolute Gasteiger partial charge is 0.238 e. The Labute approximate surface area is 158 Å². The predicted octanol–water partition coefficient (Wildman–Crippen LogP) is 3.14. The fourth-order valence-corrected chi connectivity index (χ4v) is 3.47. The summed E-state index contributed by atoms with van der Waals surface area (Å²) in [6.45, 7) is 2.21. The number of hydrogen-bond donors (Lipinski definition) is 2. The second-order valence-corrected chi connectivity index (χ2v) is 6.85. The summed E-state index contributed by atoms with van der Waals surface area (Å²) < 4.78 is 0. The van der Waals surface area contributed by atoms with E-state index in [0.717, 1.165) is 48.3 Å². The zero-order chi connectivity index (χ0) is 18.5. The molecule has 138 valence electrons. The van der Waals surface area contributed by atoms with Gasteiger partial charge in [0.2, 0.25) is 5.91 Å². The van der Waals surface area contributed by atoms with Crippen molar-refractivity contribution in [1.29, 1.82) is 0 Å².